The summed E-state index contributed by atoms with van der Waals surface area (Å²) in [6.07, 6.45) is 1.49. The Morgan fingerprint density at radius 2 is 1.73 bits per heavy atom. The van der Waals surface area contributed by atoms with E-state index in [9.17, 15) is 19.7 Å². The molecule has 0 unspecified atom stereocenters. The zero-order chi connectivity index (χ0) is 21.8. The summed E-state index contributed by atoms with van der Waals surface area (Å²) in [5.74, 6) is -0.297. The maximum absolute atomic E-state index is 12.9. The van der Waals surface area contributed by atoms with Crippen molar-refractivity contribution >= 4 is 28.8 Å². The maximum Gasteiger partial charge on any atom is 0.278 e. The highest BCUT2D eigenvalue weighted by Gasteiger charge is 2.38. The van der Waals surface area contributed by atoms with Gasteiger partial charge in [-0.1, -0.05) is 6.08 Å². The van der Waals surface area contributed by atoms with Crippen LogP contribution in [0.3, 0.4) is 0 Å². The van der Waals surface area contributed by atoms with E-state index in [1.807, 2.05) is 13.8 Å². The maximum atomic E-state index is 12.9. The molecule has 8 heteroatoms. The van der Waals surface area contributed by atoms with E-state index in [1.54, 1.807) is 24.3 Å². The standard InChI is InChI=1S/C22H21N3O5/c1-4-13-24-21(26)19(15-5-9-17(10-6-15)25(28)29)20(22(24)27)23-16-7-11-18(12-8-16)30-14(2)3/h4-12,14,23H,1,13H2,2-3H3. The molecular weight excluding hydrogens is 386 g/mol. The van der Waals surface area contributed by atoms with E-state index in [4.69, 9.17) is 4.74 Å². The number of rotatable bonds is 8. The van der Waals surface area contributed by atoms with Gasteiger partial charge in [-0.25, -0.2) is 0 Å². The van der Waals surface area contributed by atoms with Crippen LogP contribution < -0.4 is 10.1 Å². The molecule has 1 N–H and O–H groups in total. The molecule has 0 saturated carbocycles. The second kappa shape index (κ2) is 8.60. The lowest BCUT2D eigenvalue weighted by atomic mass is 10.0. The fourth-order valence-corrected chi connectivity index (χ4v) is 3.04. The van der Waals surface area contributed by atoms with E-state index in [-0.39, 0.29) is 29.6 Å². The van der Waals surface area contributed by atoms with E-state index in [0.29, 0.717) is 17.0 Å². The Morgan fingerprint density at radius 1 is 1.10 bits per heavy atom. The third kappa shape index (κ3) is 4.22. The number of nitrogens with one attached hydrogen (secondary N) is 1. The van der Waals surface area contributed by atoms with Gasteiger partial charge in [0.2, 0.25) is 0 Å². The third-order valence-corrected chi connectivity index (χ3v) is 4.34. The third-order valence-electron chi connectivity index (χ3n) is 4.34. The van der Waals surface area contributed by atoms with Crippen molar-refractivity contribution in [3.05, 3.63) is 82.6 Å². The summed E-state index contributed by atoms with van der Waals surface area (Å²) in [6, 6.07) is 12.5. The summed E-state index contributed by atoms with van der Waals surface area (Å²) in [5, 5.41) is 13.9. The lowest BCUT2D eigenvalue weighted by Crippen LogP contribution is -2.32. The summed E-state index contributed by atoms with van der Waals surface area (Å²) >= 11 is 0. The molecule has 154 valence electrons. The normalized spacial score (nSPS) is 13.8. The zero-order valence-electron chi connectivity index (χ0n) is 16.6. The van der Waals surface area contributed by atoms with Crippen molar-refractivity contribution in [2.45, 2.75) is 20.0 Å². The Labute approximate surface area is 173 Å². The first kappa shape index (κ1) is 20.8. The highest BCUT2D eigenvalue weighted by Crippen LogP contribution is 2.31. The number of hydrogen-bond acceptors (Lipinski definition) is 6. The average molecular weight is 407 g/mol. The molecule has 8 nitrogen and oxygen atoms in total. The number of ether oxygens (including phenoxy) is 1. The van der Waals surface area contributed by atoms with E-state index < -0.39 is 16.7 Å². The van der Waals surface area contributed by atoms with Gasteiger partial charge in [0.05, 0.1) is 16.6 Å². The summed E-state index contributed by atoms with van der Waals surface area (Å²) in [4.78, 5) is 37.3. The van der Waals surface area contributed by atoms with Gasteiger partial charge in [0.1, 0.15) is 11.4 Å². The number of amides is 2. The largest absolute Gasteiger partial charge is 0.491 e. The lowest BCUT2D eigenvalue weighted by Gasteiger charge is -2.13. The van der Waals surface area contributed by atoms with Crippen LogP contribution in [0.4, 0.5) is 11.4 Å². The van der Waals surface area contributed by atoms with Crippen LogP contribution in [0.15, 0.2) is 66.9 Å². The van der Waals surface area contributed by atoms with Crippen LogP contribution in [0.1, 0.15) is 19.4 Å². The predicted octanol–water partition coefficient (Wildman–Crippen LogP) is 3.76. The van der Waals surface area contributed by atoms with Crippen LogP contribution in [-0.2, 0) is 9.59 Å². The second-order valence-corrected chi connectivity index (χ2v) is 6.88. The van der Waals surface area contributed by atoms with Crippen molar-refractivity contribution in [2.75, 3.05) is 11.9 Å². The minimum Gasteiger partial charge on any atom is -0.491 e. The molecule has 1 aliphatic heterocycles. The Bertz CT molecular complexity index is 1020. The Balaban J connectivity index is 1.98. The molecule has 0 spiro atoms. The molecule has 0 fully saturated rings. The van der Waals surface area contributed by atoms with Gasteiger partial charge in [0.25, 0.3) is 17.5 Å². The number of imide groups is 1. The molecule has 0 radical (unpaired) electrons. The van der Waals surface area contributed by atoms with Crippen molar-refractivity contribution in [1.82, 2.24) is 4.90 Å². The van der Waals surface area contributed by atoms with Crippen LogP contribution in [0, 0.1) is 10.1 Å². The van der Waals surface area contributed by atoms with Crippen molar-refractivity contribution in [3.8, 4) is 5.75 Å². The van der Waals surface area contributed by atoms with E-state index in [0.717, 1.165) is 4.90 Å². The van der Waals surface area contributed by atoms with E-state index >= 15 is 0 Å². The monoisotopic (exact) mass is 407 g/mol. The van der Waals surface area contributed by atoms with Gasteiger partial charge in [0.15, 0.2) is 0 Å². The van der Waals surface area contributed by atoms with Gasteiger partial charge in [-0.2, -0.15) is 0 Å². The van der Waals surface area contributed by atoms with E-state index in [1.165, 1.54) is 30.3 Å². The topological polar surface area (TPSA) is 102 Å². The quantitative estimate of drug-likeness (QED) is 0.309. The minimum absolute atomic E-state index is 0.0294. The first-order chi connectivity index (χ1) is 14.3. The smallest absolute Gasteiger partial charge is 0.278 e. The number of carbonyl (C=O) groups excluding carboxylic acids is 2. The summed E-state index contributed by atoms with van der Waals surface area (Å²) in [5.41, 5.74) is 1.16. The first-order valence-electron chi connectivity index (χ1n) is 9.31. The number of benzene rings is 2. The number of anilines is 1. The molecule has 1 aliphatic rings. The summed E-state index contributed by atoms with van der Waals surface area (Å²) < 4.78 is 5.61. The molecule has 1 heterocycles. The van der Waals surface area contributed by atoms with Gasteiger partial charge in [-0.3, -0.25) is 24.6 Å². The fraction of sp³-hybridized carbons (Fsp3) is 0.182. The molecule has 0 saturated heterocycles. The predicted molar refractivity (Wildman–Crippen MR) is 113 cm³/mol. The number of nitro groups is 1. The van der Waals surface area contributed by atoms with Crippen LogP contribution in [0.5, 0.6) is 5.75 Å². The fourth-order valence-electron chi connectivity index (χ4n) is 3.04. The lowest BCUT2D eigenvalue weighted by molar-refractivity contribution is -0.384. The SMILES string of the molecule is C=CCN1C(=O)C(Nc2ccc(OC(C)C)cc2)=C(c2ccc([N+](=O)[O-])cc2)C1=O. The van der Waals surface area contributed by atoms with Crippen molar-refractivity contribution in [1.29, 1.82) is 0 Å². The molecule has 2 aromatic rings. The molecule has 0 bridgehead atoms. The second-order valence-electron chi connectivity index (χ2n) is 6.88. The number of nitrogens with zero attached hydrogens (tertiary/aromatic N) is 2. The number of carbonyl (C=O) groups is 2. The van der Waals surface area contributed by atoms with Gasteiger partial charge in [-0.05, 0) is 55.8 Å². The Kier molecular flexibility index (Phi) is 5.96. The van der Waals surface area contributed by atoms with Gasteiger partial charge in [-0.15, -0.1) is 6.58 Å². The van der Waals surface area contributed by atoms with Crippen LogP contribution in [-0.4, -0.2) is 34.3 Å². The Morgan fingerprint density at radius 3 is 2.27 bits per heavy atom. The molecular formula is C22H21N3O5. The first-order valence-corrected chi connectivity index (χ1v) is 9.31. The molecule has 2 amide bonds. The molecule has 30 heavy (non-hydrogen) atoms. The van der Waals surface area contributed by atoms with Crippen LogP contribution >= 0.6 is 0 Å². The summed E-state index contributed by atoms with van der Waals surface area (Å²) in [6.45, 7) is 7.49. The van der Waals surface area contributed by atoms with Gasteiger partial charge < -0.3 is 10.1 Å². The van der Waals surface area contributed by atoms with Crippen molar-refractivity contribution in [3.63, 3.8) is 0 Å². The van der Waals surface area contributed by atoms with Crippen LogP contribution in [0.2, 0.25) is 0 Å². The molecule has 2 aromatic carbocycles. The zero-order valence-corrected chi connectivity index (χ0v) is 16.6. The number of non-ortho nitro benzene ring substituents is 1. The molecule has 0 aliphatic carbocycles. The molecule has 0 atom stereocenters. The molecule has 0 aromatic heterocycles. The summed E-state index contributed by atoms with van der Waals surface area (Å²) in [7, 11) is 0. The molecule has 3 rings (SSSR count). The highest BCUT2D eigenvalue weighted by molar-refractivity contribution is 6.36. The van der Waals surface area contributed by atoms with Gasteiger partial charge in [0, 0.05) is 24.4 Å². The highest BCUT2D eigenvalue weighted by atomic mass is 16.6. The van der Waals surface area contributed by atoms with E-state index in [2.05, 4.69) is 11.9 Å². The van der Waals surface area contributed by atoms with Crippen molar-refractivity contribution in [2.24, 2.45) is 0 Å². The average Bonchev–Trinajstić information content (AvgIpc) is 2.94. The Hall–Kier alpha value is -3.94. The number of hydrogen-bond donors (Lipinski definition) is 1. The van der Waals surface area contributed by atoms with Gasteiger partial charge >= 0.3 is 0 Å². The number of nitro benzene ring substituents is 1. The van der Waals surface area contributed by atoms with Crippen molar-refractivity contribution < 1.29 is 19.2 Å². The van der Waals surface area contributed by atoms with Crippen LogP contribution in [0.25, 0.3) is 5.57 Å². The minimum atomic E-state index is -0.524.